The average Bonchev–Trinajstić information content (AvgIpc) is 3.11. The second-order valence-electron chi connectivity index (χ2n) is 7.96. The zero-order valence-electron chi connectivity index (χ0n) is 17.5. The van der Waals surface area contributed by atoms with Crippen molar-refractivity contribution in [3.05, 3.63) is 88.4 Å². The Kier molecular flexibility index (Phi) is 5.26. The zero-order valence-corrected chi connectivity index (χ0v) is 18.2. The molecule has 0 spiro atoms. The lowest BCUT2D eigenvalue weighted by Crippen LogP contribution is -2.48. The predicted octanol–water partition coefficient (Wildman–Crippen LogP) is 4.58. The number of hydrogen-bond acceptors (Lipinski definition) is 4. The van der Waals surface area contributed by atoms with Gasteiger partial charge >= 0.3 is 0 Å². The van der Waals surface area contributed by atoms with Crippen molar-refractivity contribution in [3.63, 3.8) is 0 Å². The summed E-state index contributed by atoms with van der Waals surface area (Å²) in [6.07, 6.45) is -0.0438. The summed E-state index contributed by atoms with van der Waals surface area (Å²) in [5, 5.41) is 12.9. The van der Waals surface area contributed by atoms with E-state index in [0.29, 0.717) is 28.3 Å². The number of carbonyl (C=O) groups excluding carboxylic acids is 3. The van der Waals surface area contributed by atoms with E-state index in [9.17, 15) is 19.5 Å². The van der Waals surface area contributed by atoms with E-state index in [1.54, 1.807) is 34.1 Å². The smallest absolute Gasteiger partial charge is 0.260 e. The molecule has 2 N–H and O–H groups in total. The number of phenolic OH excluding ortho intramolecular Hbond substituents is 1. The molecule has 8 heteroatoms. The highest BCUT2D eigenvalue weighted by Crippen LogP contribution is 2.45. The van der Waals surface area contributed by atoms with E-state index in [4.69, 9.17) is 11.6 Å². The average molecular weight is 462 g/mol. The third-order valence-corrected chi connectivity index (χ3v) is 6.15. The molecule has 1 atom stereocenters. The number of carbonyl (C=O) groups is 3. The minimum Gasteiger partial charge on any atom is -0.506 e. The third kappa shape index (κ3) is 3.60. The van der Waals surface area contributed by atoms with Gasteiger partial charge in [-0.15, -0.1) is 0 Å². The fourth-order valence-corrected chi connectivity index (χ4v) is 4.60. The molecule has 0 aliphatic carbocycles. The molecule has 166 valence electrons. The van der Waals surface area contributed by atoms with Crippen LogP contribution in [0.1, 0.15) is 45.3 Å². The first-order valence-electron chi connectivity index (χ1n) is 10.6. The monoisotopic (exact) mass is 461 g/mol. The highest BCUT2D eigenvalue weighted by Gasteiger charge is 2.47. The summed E-state index contributed by atoms with van der Waals surface area (Å²) >= 11 is 5.93. The van der Waals surface area contributed by atoms with Crippen molar-refractivity contribution in [2.45, 2.75) is 19.0 Å². The Balaban J connectivity index is 1.36. The van der Waals surface area contributed by atoms with Crippen molar-refractivity contribution < 1.29 is 19.5 Å². The molecule has 0 bridgehead atoms. The van der Waals surface area contributed by atoms with Gasteiger partial charge in [0.05, 0.1) is 16.9 Å². The number of benzene rings is 3. The summed E-state index contributed by atoms with van der Waals surface area (Å²) in [6, 6.07) is 18.8. The lowest BCUT2D eigenvalue weighted by Gasteiger charge is -2.41. The van der Waals surface area contributed by atoms with Crippen LogP contribution in [0.15, 0.2) is 66.7 Å². The van der Waals surface area contributed by atoms with Crippen molar-refractivity contribution >= 4 is 40.7 Å². The van der Waals surface area contributed by atoms with Crippen LogP contribution in [0.3, 0.4) is 0 Å². The van der Waals surface area contributed by atoms with Gasteiger partial charge in [-0.25, -0.2) is 0 Å². The molecule has 3 amide bonds. The normalized spacial score (nSPS) is 16.3. The van der Waals surface area contributed by atoms with Crippen LogP contribution in [-0.4, -0.2) is 34.3 Å². The molecule has 0 fully saturated rings. The van der Waals surface area contributed by atoms with Crippen LogP contribution in [0.25, 0.3) is 0 Å². The van der Waals surface area contributed by atoms with Crippen molar-refractivity contribution in [2.24, 2.45) is 0 Å². The van der Waals surface area contributed by atoms with Gasteiger partial charge in [0.15, 0.2) is 0 Å². The Hall–Kier alpha value is -3.84. The first-order valence-corrected chi connectivity index (χ1v) is 10.9. The van der Waals surface area contributed by atoms with Crippen LogP contribution in [-0.2, 0) is 4.79 Å². The van der Waals surface area contributed by atoms with Gasteiger partial charge in [0.2, 0.25) is 5.91 Å². The number of anilines is 2. The molecule has 3 aromatic carbocycles. The molecule has 0 aromatic heterocycles. The van der Waals surface area contributed by atoms with Crippen molar-refractivity contribution in [1.29, 1.82) is 0 Å². The number of nitrogens with one attached hydrogen (secondary N) is 1. The van der Waals surface area contributed by atoms with Gasteiger partial charge in [0, 0.05) is 29.1 Å². The molecule has 2 aliphatic rings. The second-order valence-corrected chi connectivity index (χ2v) is 8.40. The quantitative estimate of drug-likeness (QED) is 0.544. The van der Waals surface area contributed by atoms with Crippen molar-refractivity contribution in [1.82, 2.24) is 4.90 Å². The maximum atomic E-state index is 13.4. The maximum absolute atomic E-state index is 13.4. The molecule has 5 rings (SSSR count). The molecule has 0 saturated carbocycles. The second kappa shape index (κ2) is 8.26. The van der Waals surface area contributed by atoms with E-state index in [1.165, 1.54) is 18.2 Å². The van der Waals surface area contributed by atoms with Gasteiger partial charge < -0.3 is 15.3 Å². The summed E-state index contributed by atoms with van der Waals surface area (Å²) in [5.74, 6) is -0.705. The van der Waals surface area contributed by atoms with Crippen LogP contribution < -0.4 is 10.2 Å². The van der Waals surface area contributed by atoms with Gasteiger partial charge in [0.1, 0.15) is 11.9 Å². The summed E-state index contributed by atoms with van der Waals surface area (Å²) in [4.78, 5) is 42.3. The maximum Gasteiger partial charge on any atom is 0.260 e. The molecular weight excluding hydrogens is 442 g/mol. The van der Waals surface area contributed by atoms with Crippen LogP contribution in [0.2, 0.25) is 5.02 Å². The number of fused-ring (bicyclic) bond motifs is 5. The summed E-state index contributed by atoms with van der Waals surface area (Å²) < 4.78 is 0. The number of halogens is 1. The number of phenols is 1. The number of amides is 3. The Morgan fingerprint density at radius 1 is 0.970 bits per heavy atom. The number of para-hydroxylation sites is 1. The van der Waals surface area contributed by atoms with E-state index in [1.807, 2.05) is 24.3 Å². The molecule has 0 radical (unpaired) electrons. The van der Waals surface area contributed by atoms with E-state index in [-0.39, 0.29) is 42.1 Å². The number of aromatic hydroxyl groups is 1. The Morgan fingerprint density at radius 2 is 1.70 bits per heavy atom. The fourth-order valence-electron chi connectivity index (χ4n) is 4.43. The Bertz CT molecular complexity index is 1290. The van der Waals surface area contributed by atoms with Gasteiger partial charge in [-0.05, 0) is 42.8 Å². The summed E-state index contributed by atoms with van der Waals surface area (Å²) in [7, 11) is 0. The number of nitrogens with zero attached hydrogens (tertiary/aromatic N) is 2. The predicted molar refractivity (Wildman–Crippen MR) is 124 cm³/mol. The minimum atomic E-state index is -0.545. The van der Waals surface area contributed by atoms with Crippen LogP contribution in [0, 0.1) is 0 Å². The summed E-state index contributed by atoms with van der Waals surface area (Å²) in [5.41, 5.74) is 2.64. The van der Waals surface area contributed by atoms with Crippen molar-refractivity contribution in [2.75, 3.05) is 16.8 Å². The van der Waals surface area contributed by atoms with Crippen LogP contribution in [0.4, 0.5) is 11.4 Å². The minimum absolute atomic E-state index is 0.0766. The first kappa shape index (κ1) is 21.0. The lowest BCUT2D eigenvalue weighted by molar-refractivity contribution is -0.116. The van der Waals surface area contributed by atoms with E-state index < -0.39 is 6.17 Å². The molecule has 2 aliphatic heterocycles. The van der Waals surface area contributed by atoms with Gasteiger partial charge in [-0.3, -0.25) is 19.3 Å². The SMILES string of the molecule is O=C(CCCN1C(=O)c2ccccc2N2C(=O)c3ccccc3[C@H]12)Nc1cc(Cl)ccc1O. The highest BCUT2D eigenvalue weighted by atomic mass is 35.5. The van der Waals surface area contributed by atoms with Gasteiger partial charge in [-0.2, -0.15) is 0 Å². The van der Waals surface area contributed by atoms with Crippen molar-refractivity contribution in [3.8, 4) is 5.75 Å². The van der Waals surface area contributed by atoms with E-state index in [0.717, 1.165) is 5.56 Å². The molecule has 7 nitrogen and oxygen atoms in total. The van der Waals surface area contributed by atoms with E-state index in [2.05, 4.69) is 5.32 Å². The first-order chi connectivity index (χ1) is 16.0. The molecule has 0 saturated heterocycles. The Labute approximate surface area is 195 Å². The highest BCUT2D eigenvalue weighted by molar-refractivity contribution is 6.31. The topological polar surface area (TPSA) is 90.0 Å². The van der Waals surface area contributed by atoms with Crippen LogP contribution in [0.5, 0.6) is 5.75 Å². The lowest BCUT2D eigenvalue weighted by atomic mass is 10.0. The third-order valence-electron chi connectivity index (χ3n) is 5.92. The zero-order chi connectivity index (χ0) is 23.1. The molecular formula is C25H20ClN3O4. The Morgan fingerprint density at radius 3 is 2.52 bits per heavy atom. The standard InChI is InChI=1S/C25H20ClN3O4/c26-15-11-12-21(30)19(14-15)27-22(31)10-5-13-28-23-16-6-1-2-7-17(16)25(33)29(23)20-9-4-3-8-18(20)24(28)32/h1-4,6-9,11-12,14,23,30H,5,10,13H2,(H,27,31)/t23-/m1/s1. The molecule has 3 aromatic rings. The van der Waals surface area contributed by atoms with Gasteiger partial charge in [0.25, 0.3) is 11.8 Å². The van der Waals surface area contributed by atoms with Gasteiger partial charge in [-0.1, -0.05) is 41.9 Å². The molecule has 0 unspecified atom stereocenters. The number of rotatable bonds is 5. The van der Waals surface area contributed by atoms with Crippen LogP contribution >= 0.6 is 11.6 Å². The van der Waals surface area contributed by atoms with E-state index >= 15 is 0 Å². The molecule has 2 heterocycles. The number of hydrogen-bond donors (Lipinski definition) is 2. The largest absolute Gasteiger partial charge is 0.506 e. The fraction of sp³-hybridized carbons (Fsp3) is 0.160. The summed E-state index contributed by atoms with van der Waals surface area (Å²) in [6.45, 7) is 0.283. The molecule has 33 heavy (non-hydrogen) atoms.